The minimum atomic E-state index is 0.563. The third-order valence-electron chi connectivity index (χ3n) is 4.01. The molecule has 1 N–H and O–H groups in total. The van der Waals surface area contributed by atoms with Crippen LogP contribution in [-0.4, -0.2) is 19.6 Å². The van der Waals surface area contributed by atoms with E-state index in [9.17, 15) is 0 Å². The van der Waals surface area contributed by atoms with E-state index < -0.39 is 0 Å². The fraction of sp³-hybridized carbons (Fsp3) is 0.462. The summed E-state index contributed by atoms with van der Waals surface area (Å²) >= 11 is 0. The van der Waals surface area contributed by atoms with E-state index >= 15 is 0 Å². The molecule has 4 rings (SSSR count). The van der Waals surface area contributed by atoms with Gasteiger partial charge in [0.2, 0.25) is 0 Å². The number of allylic oxidation sites excluding steroid dienone is 4. The largest absolute Gasteiger partial charge is 0.292 e. The number of rotatable bonds is 1. The standard InChI is InChI=1S/C13H16N4/c1-16-13-12(8-14-16)15-17(13)11-6-9-4-2-3-5-10(9)7-11/h4-5,8,11,15H,2-3,6-7H2,1H3. The first-order chi connectivity index (χ1) is 8.33. The van der Waals surface area contributed by atoms with Crippen molar-refractivity contribution in [3.8, 4) is 0 Å². The minimum Gasteiger partial charge on any atom is -0.292 e. The highest BCUT2D eigenvalue weighted by Gasteiger charge is 2.29. The van der Waals surface area contributed by atoms with Crippen LogP contribution in [0.4, 0.5) is 0 Å². The van der Waals surface area contributed by atoms with Gasteiger partial charge in [0.05, 0.1) is 12.2 Å². The fourth-order valence-electron chi connectivity index (χ4n) is 3.16. The van der Waals surface area contributed by atoms with Crippen LogP contribution in [0.25, 0.3) is 11.2 Å². The molecule has 0 unspecified atom stereocenters. The molecule has 4 heteroatoms. The van der Waals surface area contributed by atoms with Gasteiger partial charge in [-0.1, -0.05) is 12.2 Å². The van der Waals surface area contributed by atoms with Crippen LogP contribution in [0.1, 0.15) is 31.7 Å². The number of aromatic amines is 1. The lowest BCUT2D eigenvalue weighted by atomic mass is 10.0. The van der Waals surface area contributed by atoms with E-state index in [-0.39, 0.29) is 0 Å². The molecule has 0 saturated heterocycles. The van der Waals surface area contributed by atoms with Gasteiger partial charge in [-0.25, -0.2) is 4.68 Å². The normalized spacial score (nSPS) is 20.8. The van der Waals surface area contributed by atoms with Gasteiger partial charge in [-0.05, 0) is 36.8 Å². The predicted molar refractivity (Wildman–Crippen MR) is 66.7 cm³/mol. The van der Waals surface area contributed by atoms with E-state index in [0.717, 1.165) is 5.52 Å². The summed E-state index contributed by atoms with van der Waals surface area (Å²) in [6.07, 6.45) is 11.5. The van der Waals surface area contributed by atoms with Gasteiger partial charge in [0.1, 0.15) is 5.52 Å². The van der Waals surface area contributed by atoms with Gasteiger partial charge in [0, 0.05) is 7.05 Å². The summed E-state index contributed by atoms with van der Waals surface area (Å²) in [6.45, 7) is 0. The molecular weight excluding hydrogens is 212 g/mol. The summed E-state index contributed by atoms with van der Waals surface area (Å²) in [5, 5.41) is 7.67. The van der Waals surface area contributed by atoms with Crippen molar-refractivity contribution in [1.29, 1.82) is 0 Å². The molecule has 1 saturated carbocycles. The van der Waals surface area contributed by atoms with Crippen molar-refractivity contribution in [2.45, 2.75) is 31.7 Å². The van der Waals surface area contributed by atoms with Crippen molar-refractivity contribution in [3.05, 3.63) is 29.5 Å². The molecule has 0 aromatic carbocycles. The molecular formula is C13H16N4. The lowest BCUT2D eigenvalue weighted by Gasteiger charge is -2.20. The first-order valence-electron chi connectivity index (χ1n) is 6.29. The molecule has 0 spiro atoms. The van der Waals surface area contributed by atoms with Crippen LogP contribution in [0.5, 0.6) is 0 Å². The molecule has 2 aliphatic rings. The van der Waals surface area contributed by atoms with Crippen LogP contribution >= 0.6 is 0 Å². The van der Waals surface area contributed by atoms with E-state index in [1.807, 2.05) is 17.9 Å². The second kappa shape index (κ2) is 3.15. The molecule has 0 atom stereocenters. The maximum Gasteiger partial charge on any atom is 0.171 e. The third kappa shape index (κ3) is 1.21. The average molecular weight is 228 g/mol. The van der Waals surface area contributed by atoms with Crippen molar-refractivity contribution >= 4 is 11.2 Å². The fourth-order valence-corrected chi connectivity index (χ4v) is 3.16. The number of hydrogen-bond acceptors (Lipinski definition) is 1. The first kappa shape index (κ1) is 9.33. The SMILES string of the molecule is Cn1ncc2[nH]n(C3CC4=CCCC=C4C3)c21. The molecule has 2 aliphatic carbocycles. The molecule has 1 fully saturated rings. The van der Waals surface area contributed by atoms with E-state index in [2.05, 4.69) is 27.0 Å². The molecule has 0 bridgehead atoms. The van der Waals surface area contributed by atoms with Crippen molar-refractivity contribution in [1.82, 2.24) is 19.6 Å². The Hall–Kier alpha value is -1.71. The summed E-state index contributed by atoms with van der Waals surface area (Å²) in [6, 6.07) is 0.563. The van der Waals surface area contributed by atoms with Gasteiger partial charge in [0.25, 0.3) is 0 Å². The van der Waals surface area contributed by atoms with Gasteiger partial charge in [0.15, 0.2) is 5.65 Å². The number of fused-ring (bicyclic) bond motifs is 2. The van der Waals surface area contributed by atoms with Crippen molar-refractivity contribution < 1.29 is 0 Å². The Kier molecular flexibility index (Phi) is 1.73. The number of nitrogens with one attached hydrogen (secondary N) is 1. The number of H-pyrrole nitrogens is 1. The average Bonchev–Trinajstić information content (AvgIpc) is 2.81. The Morgan fingerprint density at radius 1 is 1.24 bits per heavy atom. The Bertz CT molecular complexity index is 612. The third-order valence-corrected chi connectivity index (χ3v) is 4.01. The lowest BCUT2D eigenvalue weighted by molar-refractivity contribution is 0.472. The summed E-state index contributed by atoms with van der Waals surface area (Å²) in [5.41, 5.74) is 5.53. The zero-order valence-electron chi connectivity index (χ0n) is 9.98. The van der Waals surface area contributed by atoms with E-state index in [0.29, 0.717) is 6.04 Å². The first-order valence-corrected chi connectivity index (χ1v) is 6.29. The summed E-state index contributed by atoms with van der Waals surface area (Å²) in [4.78, 5) is 0. The number of aryl methyl sites for hydroxylation is 1. The smallest absolute Gasteiger partial charge is 0.171 e. The predicted octanol–water partition coefficient (Wildman–Crippen LogP) is 2.68. The second-order valence-corrected chi connectivity index (χ2v) is 5.09. The molecule has 0 amide bonds. The van der Waals surface area contributed by atoms with Crippen LogP contribution in [0.15, 0.2) is 29.5 Å². The summed E-state index contributed by atoms with van der Waals surface area (Å²) in [5.74, 6) is 0. The van der Waals surface area contributed by atoms with Gasteiger partial charge in [-0.15, -0.1) is 0 Å². The number of hydrogen-bond donors (Lipinski definition) is 1. The Morgan fingerprint density at radius 3 is 2.59 bits per heavy atom. The van der Waals surface area contributed by atoms with Crippen molar-refractivity contribution in [2.75, 3.05) is 0 Å². The van der Waals surface area contributed by atoms with Crippen LogP contribution in [0.3, 0.4) is 0 Å². The number of nitrogens with zero attached hydrogens (tertiary/aromatic N) is 3. The zero-order valence-corrected chi connectivity index (χ0v) is 9.98. The summed E-state index contributed by atoms with van der Waals surface area (Å²) < 4.78 is 4.24. The Labute approximate surface area is 99.6 Å². The molecule has 4 nitrogen and oxygen atoms in total. The van der Waals surface area contributed by atoms with Crippen molar-refractivity contribution in [2.24, 2.45) is 7.05 Å². The van der Waals surface area contributed by atoms with Crippen LogP contribution in [0, 0.1) is 0 Å². The number of aromatic nitrogens is 4. The Balaban J connectivity index is 1.72. The molecule has 0 aliphatic heterocycles. The molecule has 0 radical (unpaired) electrons. The Morgan fingerprint density at radius 2 is 1.94 bits per heavy atom. The molecule has 2 aromatic rings. The minimum absolute atomic E-state index is 0.563. The van der Waals surface area contributed by atoms with Gasteiger partial charge < -0.3 is 0 Å². The van der Waals surface area contributed by atoms with Gasteiger partial charge in [-0.2, -0.15) is 5.10 Å². The van der Waals surface area contributed by atoms with Gasteiger partial charge >= 0.3 is 0 Å². The molecule has 17 heavy (non-hydrogen) atoms. The van der Waals surface area contributed by atoms with Crippen LogP contribution < -0.4 is 0 Å². The topological polar surface area (TPSA) is 38.5 Å². The molecule has 2 aromatic heterocycles. The highest BCUT2D eigenvalue weighted by atomic mass is 15.4. The second-order valence-electron chi connectivity index (χ2n) is 5.09. The highest BCUT2D eigenvalue weighted by molar-refractivity contribution is 5.72. The van der Waals surface area contributed by atoms with Crippen LogP contribution in [0.2, 0.25) is 0 Å². The lowest BCUT2D eigenvalue weighted by Crippen LogP contribution is -2.17. The maximum atomic E-state index is 4.27. The summed E-state index contributed by atoms with van der Waals surface area (Å²) in [7, 11) is 2.01. The van der Waals surface area contributed by atoms with Gasteiger partial charge in [-0.3, -0.25) is 9.78 Å². The van der Waals surface area contributed by atoms with Crippen molar-refractivity contribution in [3.63, 3.8) is 0 Å². The quantitative estimate of drug-likeness (QED) is 0.800. The van der Waals surface area contributed by atoms with Crippen LogP contribution in [-0.2, 0) is 7.05 Å². The van der Waals surface area contributed by atoms with E-state index in [1.54, 1.807) is 11.1 Å². The molecule has 88 valence electrons. The monoisotopic (exact) mass is 228 g/mol. The zero-order chi connectivity index (χ0) is 11.4. The van der Waals surface area contributed by atoms with E-state index in [4.69, 9.17) is 0 Å². The molecule has 2 heterocycles. The van der Waals surface area contributed by atoms with E-state index in [1.165, 1.54) is 31.3 Å². The highest BCUT2D eigenvalue weighted by Crippen LogP contribution is 2.42. The maximum absolute atomic E-state index is 4.27.